The van der Waals surface area contributed by atoms with Crippen molar-refractivity contribution in [2.75, 3.05) is 32.8 Å². The Morgan fingerprint density at radius 1 is 1.44 bits per heavy atom. The van der Waals surface area contributed by atoms with Gasteiger partial charge in [0.1, 0.15) is 0 Å². The van der Waals surface area contributed by atoms with Gasteiger partial charge in [-0.25, -0.2) is 0 Å². The number of amides is 1. The number of morpholine rings is 1. The van der Waals surface area contributed by atoms with Gasteiger partial charge in [0.15, 0.2) is 0 Å². The van der Waals surface area contributed by atoms with Crippen LogP contribution in [0.1, 0.15) is 33.1 Å². The van der Waals surface area contributed by atoms with Crippen LogP contribution < -0.4 is 5.32 Å². The second-order valence-corrected chi connectivity index (χ2v) is 5.79. The second kappa shape index (κ2) is 6.53. The minimum atomic E-state index is 0.192. The van der Waals surface area contributed by atoms with E-state index in [0.29, 0.717) is 30.8 Å². The lowest BCUT2D eigenvalue weighted by Gasteiger charge is -2.33. The van der Waals surface area contributed by atoms with Crippen molar-refractivity contribution < 1.29 is 9.53 Å². The van der Waals surface area contributed by atoms with E-state index in [-0.39, 0.29) is 6.10 Å². The van der Waals surface area contributed by atoms with Crippen LogP contribution in [-0.4, -0.2) is 49.7 Å². The number of rotatable bonds is 3. The molecule has 0 spiro atoms. The predicted octanol–water partition coefficient (Wildman–Crippen LogP) is 1.26. The van der Waals surface area contributed by atoms with Gasteiger partial charge in [-0.15, -0.1) is 0 Å². The summed E-state index contributed by atoms with van der Waals surface area (Å²) in [5, 5.41) is 3.38. The van der Waals surface area contributed by atoms with E-state index in [2.05, 4.69) is 12.2 Å². The molecule has 2 aliphatic rings. The van der Waals surface area contributed by atoms with E-state index in [4.69, 9.17) is 4.74 Å². The van der Waals surface area contributed by atoms with Crippen molar-refractivity contribution in [3.05, 3.63) is 0 Å². The fraction of sp³-hybridized carbons (Fsp3) is 0.929. The molecule has 0 radical (unpaired) electrons. The third kappa shape index (κ3) is 3.69. The van der Waals surface area contributed by atoms with E-state index >= 15 is 0 Å². The first-order valence-electron chi connectivity index (χ1n) is 7.27. The summed E-state index contributed by atoms with van der Waals surface area (Å²) in [6, 6.07) is 0. The van der Waals surface area contributed by atoms with Crippen LogP contribution >= 0.6 is 0 Å². The minimum absolute atomic E-state index is 0.192. The molecule has 2 saturated heterocycles. The minimum Gasteiger partial charge on any atom is -0.375 e. The van der Waals surface area contributed by atoms with Gasteiger partial charge in [-0.1, -0.05) is 6.92 Å². The van der Waals surface area contributed by atoms with E-state index < -0.39 is 0 Å². The van der Waals surface area contributed by atoms with Crippen molar-refractivity contribution >= 4 is 5.91 Å². The van der Waals surface area contributed by atoms with Gasteiger partial charge < -0.3 is 15.0 Å². The van der Waals surface area contributed by atoms with Crippen molar-refractivity contribution in [2.45, 2.75) is 39.2 Å². The average molecular weight is 254 g/mol. The molecule has 2 rings (SSSR count). The Bertz CT molecular complexity index is 277. The molecule has 4 nitrogen and oxygen atoms in total. The van der Waals surface area contributed by atoms with Crippen molar-refractivity contribution in [1.29, 1.82) is 0 Å². The van der Waals surface area contributed by atoms with Crippen LogP contribution in [-0.2, 0) is 9.53 Å². The molecule has 2 heterocycles. The first-order valence-corrected chi connectivity index (χ1v) is 7.27. The van der Waals surface area contributed by atoms with E-state index in [1.807, 2.05) is 11.8 Å². The molecule has 2 fully saturated rings. The molecule has 0 aromatic carbocycles. The van der Waals surface area contributed by atoms with E-state index in [9.17, 15) is 4.79 Å². The maximum Gasteiger partial charge on any atom is 0.223 e. The van der Waals surface area contributed by atoms with Crippen LogP contribution in [0, 0.1) is 11.8 Å². The van der Waals surface area contributed by atoms with Gasteiger partial charge in [0.05, 0.1) is 12.7 Å². The van der Waals surface area contributed by atoms with Crippen molar-refractivity contribution in [3.8, 4) is 0 Å². The molecule has 1 N–H and O–H groups in total. The molecule has 0 aromatic rings. The van der Waals surface area contributed by atoms with Crippen molar-refractivity contribution in [2.24, 2.45) is 11.8 Å². The summed E-state index contributed by atoms with van der Waals surface area (Å²) >= 11 is 0. The fourth-order valence-electron chi connectivity index (χ4n) is 3.03. The Morgan fingerprint density at radius 2 is 2.17 bits per heavy atom. The van der Waals surface area contributed by atoms with Crippen LogP contribution in [0.25, 0.3) is 0 Å². The van der Waals surface area contributed by atoms with Crippen LogP contribution in [0.15, 0.2) is 0 Å². The Balaban J connectivity index is 1.78. The van der Waals surface area contributed by atoms with Crippen LogP contribution in [0.5, 0.6) is 0 Å². The van der Waals surface area contributed by atoms with Crippen molar-refractivity contribution in [3.63, 3.8) is 0 Å². The summed E-state index contributed by atoms with van der Waals surface area (Å²) in [4.78, 5) is 14.2. The predicted molar refractivity (Wildman–Crippen MR) is 71.4 cm³/mol. The highest BCUT2D eigenvalue weighted by Crippen LogP contribution is 2.25. The molecule has 4 heteroatoms. The number of carbonyl (C=O) groups excluding carboxylic acids is 1. The van der Waals surface area contributed by atoms with Gasteiger partial charge in [0, 0.05) is 19.5 Å². The molecule has 18 heavy (non-hydrogen) atoms. The first kappa shape index (κ1) is 13.8. The average Bonchev–Trinajstić information content (AvgIpc) is 2.39. The third-order valence-corrected chi connectivity index (χ3v) is 4.28. The zero-order valence-electron chi connectivity index (χ0n) is 11.7. The SMILES string of the molecule is CC1CN(C(=O)CC(C)C2CCNCC2)CCO1. The monoisotopic (exact) mass is 254 g/mol. The fourth-order valence-corrected chi connectivity index (χ4v) is 3.03. The molecule has 1 amide bonds. The van der Waals surface area contributed by atoms with Gasteiger partial charge in [0.25, 0.3) is 0 Å². The van der Waals surface area contributed by atoms with Gasteiger partial charge in [-0.05, 0) is 44.7 Å². The molecular formula is C14H26N2O2. The normalized spacial score (nSPS) is 28.1. The molecule has 0 aromatic heterocycles. The molecule has 0 bridgehead atoms. The lowest BCUT2D eigenvalue weighted by molar-refractivity contribution is -0.139. The summed E-state index contributed by atoms with van der Waals surface area (Å²) in [5.41, 5.74) is 0. The van der Waals surface area contributed by atoms with E-state index in [0.717, 1.165) is 26.2 Å². The molecule has 0 saturated carbocycles. The Kier molecular flexibility index (Phi) is 5.01. The van der Waals surface area contributed by atoms with Gasteiger partial charge in [-0.2, -0.15) is 0 Å². The summed E-state index contributed by atoms with van der Waals surface area (Å²) in [5.74, 6) is 1.54. The molecule has 104 valence electrons. The zero-order chi connectivity index (χ0) is 13.0. The molecule has 0 aliphatic carbocycles. The Labute approximate surface area is 110 Å². The van der Waals surface area contributed by atoms with Gasteiger partial charge in [0.2, 0.25) is 5.91 Å². The smallest absolute Gasteiger partial charge is 0.223 e. The molecule has 2 atom stereocenters. The Morgan fingerprint density at radius 3 is 2.83 bits per heavy atom. The topological polar surface area (TPSA) is 41.6 Å². The van der Waals surface area contributed by atoms with Gasteiger partial charge in [-0.3, -0.25) is 4.79 Å². The lowest BCUT2D eigenvalue weighted by atomic mass is 9.84. The second-order valence-electron chi connectivity index (χ2n) is 5.79. The highest BCUT2D eigenvalue weighted by Gasteiger charge is 2.26. The standard InChI is InChI=1S/C14H26N2O2/c1-11(13-3-5-15-6-4-13)9-14(17)16-7-8-18-12(2)10-16/h11-13,15H,3-10H2,1-2H3. The lowest BCUT2D eigenvalue weighted by Crippen LogP contribution is -2.45. The third-order valence-electron chi connectivity index (χ3n) is 4.28. The number of carbonyl (C=O) groups is 1. The Hall–Kier alpha value is -0.610. The number of piperidine rings is 1. The summed E-state index contributed by atoms with van der Waals surface area (Å²) in [6.45, 7) is 8.71. The summed E-state index contributed by atoms with van der Waals surface area (Å²) in [6.07, 6.45) is 3.33. The summed E-state index contributed by atoms with van der Waals surface area (Å²) < 4.78 is 5.48. The quantitative estimate of drug-likeness (QED) is 0.824. The number of hydrogen-bond donors (Lipinski definition) is 1. The van der Waals surface area contributed by atoms with Crippen LogP contribution in [0.2, 0.25) is 0 Å². The number of nitrogens with one attached hydrogen (secondary N) is 1. The summed E-state index contributed by atoms with van der Waals surface area (Å²) in [7, 11) is 0. The van der Waals surface area contributed by atoms with E-state index in [1.54, 1.807) is 0 Å². The van der Waals surface area contributed by atoms with Gasteiger partial charge >= 0.3 is 0 Å². The number of ether oxygens (including phenoxy) is 1. The number of nitrogens with zero attached hydrogens (tertiary/aromatic N) is 1. The first-order chi connectivity index (χ1) is 8.66. The zero-order valence-corrected chi connectivity index (χ0v) is 11.7. The highest BCUT2D eigenvalue weighted by atomic mass is 16.5. The van der Waals surface area contributed by atoms with Crippen LogP contribution in [0.3, 0.4) is 0 Å². The molecule has 2 unspecified atom stereocenters. The largest absolute Gasteiger partial charge is 0.375 e. The molecule has 2 aliphatic heterocycles. The van der Waals surface area contributed by atoms with Crippen LogP contribution in [0.4, 0.5) is 0 Å². The number of hydrogen-bond acceptors (Lipinski definition) is 3. The van der Waals surface area contributed by atoms with Crippen molar-refractivity contribution in [1.82, 2.24) is 10.2 Å². The maximum atomic E-state index is 12.3. The maximum absolute atomic E-state index is 12.3. The van der Waals surface area contributed by atoms with E-state index in [1.165, 1.54) is 12.8 Å². The molecular weight excluding hydrogens is 228 g/mol. The highest BCUT2D eigenvalue weighted by molar-refractivity contribution is 5.76.